The molecule has 0 amide bonds. The van der Waals surface area contributed by atoms with Crippen LogP contribution in [0.2, 0.25) is 0 Å². The molecule has 0 aliphatic heterocycles. The first-order valence-corrected chi connectivity index (χ1v) is 6.35. The molecule has 0 radical (unpaired) electrons. The van der Waals surface area contributed by atoms with Crippen molar-refractivity contribution in [2.45, 2.75) is 6.54 Å². The maximum absolute atomic E-state index is 4.40. The average Bonchev–Trinajstić information content (AvgIpc) is 3.03. The molecule has 3 rings (SSSR count). The number of hydrogen-bond donors (Lipinski definition) is 0. The van der Waals surface area contributed by atoms with Crippen LogP contribution in [0.4, 0.5) is 11.6 Å². The monoisotopic (exact) mass is 266 g/mol. The second kappa shape index (κ2) is 5.92. The lowest BCUT2D eigenvalue weighted by atomic mass is 10.3. The van der Waals surface area contributed by atoms with Crippen LogP contribution in [0.5, 0.6) is 0 Å². The molecule has 3 aromatic rings. The molecule has 3 heterocycles. The zero-order chi connectivity index (χ0) is 13.6. The van der Waals surface area contributed by atoms with Gasteiger partial charge in [0.25, 0.3) is 0 Å². The summed E-state index contributed by atoms with van der Waals surface area (Å²) in [6.07, 6.45) is 6.79. The molecule has 0 bridgehead atoms. The van der Waals surface area contributed by atoms with Crippen molar-refractivity contribution in [3.63, 3.8) is 0 Å². The lowest BCUT2D eigenvalue weighted by Gasteiger charge is -2.22. The van der Waals surface area contributed by atoms with Gasteiger partial charge in [-0.1, -0.05) is 12.1 Å². The topological polar surface area (TPSA) is 59.7 Å². The molecular formula is C14H14N6. The van der Waals surface area contributed by atoms with Crippen molar-refractivity contribution in [1.29, 1.82) is 0 Å². The van der Waals surface area contributed by atoms with E-state index in [4.69, 9.17) is 0 Å². The van der Waals surface area contributed by atoms with Crippen LogP contribution in [0.15, 0.2) is 61.4 Å². The first-order chi connectivity index (χ1) is 9.93. The van der Waals surface area contributed by atoms with Gasteiger partial charge in [-0.05, 0) is 24.3 Å². The first kappa shape index (κ1) is 12.3. The van der Waals surface area contributed by atoms with Crippen molar-refractivity contribution >= 4 is 11.6 Å². The summed E-state index contributed by atoms with van der Waals surface area (Å²) in [6.45, 7) is 1.44. The molecule has 0 aliphatic carbocycles. The van der Waals surface area contributed by atoms with E-state index in [1.165, 1.54) is 6.33 Å². The van der Waals surface area contributed by atoms with Crippen LogP contribution >= 0.6 is 0 Å². The molecule has 0 saturated heterocycles. The van der Waals surface area contributed by atoms with Crippen LogP contribution in [0.3, 0.4) is 0 Å². The summed E-state index contributed by atoms with van der Waals surface area (Å²) in [5.74, 6) is 1.73. The summed E-state index contributed by atoms with van der Waals surface area (Å²) >= 11 is 0. The minimum absolute atomic E-state index is 0.715. The van der Waals surface area contributed by atoms with Crippen LogP contribution in [0.1, 0.15) is 0 Å². The average molecular weight is 266 g/mol. The molecule has 100 valence electrons. The van der Waals surface area contributed by atoms with Gasteiger partial charge in [0.2, 0.25) is 0 Å². The van der Waals surface area contributed by atoms with E-state index in [0.717, 1.165) is 18.2 Å². The SMILES string of the molecule is c1ccc(N(CCn2cncn2)c2ccccn2)nc1. The van der Waals surface area contributed by atoms with Crippen LogP contribution < -0.4 is 4.90 Å². The fourth-order valence-electron chi connectivity index (χ4n) is 1.92. The number of hydrogen-bond acceptors (Lipinski definition) is 5. The Morgan fingerprint density at radius 3 is 2.15 bits per heavy atom. The van der Waals surface area contributed by atoms with Crippen LogP contribution in [0.25, 0.3) is 0 Å². The van der Waals surface area contributed by atoms with Crippen molar-refractivity contribution < 1.29 is 0 Å². The normalized spacial score (nSPS) is 10.4. The Balaban J connectivity index is 1.84. The highest BCUT2D eigenvalue weighted by Crippen LogP contribution is 2.20. The van der Waals surface area contributed by atoms with Crippen LogP contribution in [-0.4, -0.2) is 31.3 Å². The van der Waals surface area contributed by atoms with Gasteiger partial charge in [0.15, 0.2) is 0 Å². The maximum atomic E-state index is 4.40. The molecule has 6 nitrogen and oxygen atoms in total. The van der Waals surface area contributed by atoms with Crippen molar-refractivity contribution in [2.24, 2.45) is 0 Å². The molecule has 0 spiro atoms. The van der Waals surface area contributed by atoms with Crippen LogP contribution in [0, 0.1) is 0 Å². The Morgan fingerprint density at radius 2 is 1.65 bits per heavy atom. The number of anilines is 2. The molecular weight excluding hydrogens is 252 g/mol. The Hall–Kier alpha value is -2.76. The molecule has 0 unspecified atom stereocenters. The lowest BCUT2D eigenvalue weighted by Crippen LogP contribution is -2.24. The van der Waals surface area contributed by atoms with E-state index in [1.807, 2.05) is 36.4 Å². The third-order valence-electron chi connectivity index (χ3n) is 2.87. The minimum Gasteiger partial charge on any atom is -0.309 e. The Kier molecular flexibility index (Phi) is 3.64. The summed E-state index contributed by atoms with van der Waals surface area (Å²) in [4.78, 5) is 14.8. The molecule has 0 aliphatic rings. The van der Waals surface area contributed by atoms with Gasteiger partial charge in [0, 0.05) is 18.9 Å². The molecule has 0 saturated carbocycles. The quantitative estimate of drug-likeness (QED) is 0.706. The Bertz CT molecular complexity index is 584. The highest BCUT2D eigenvalue weighted by atomic mass is 15.3. The summed E-state index contributed by atoms with van der Waals surface area (Å²) in [7, 11) is 0. The highest BCUT2D eigenvalue weighted by Gasteiger charge is 2.11. The fraction of sp³-hybridized carbons (Fsp3) is 0.143. The molecule has 3 aromatic heterocycles. The van der Waals surface area contributed by atoms with Gasteiger partial charge in [0.1, 0.15) is 24.3 Å². The van der Waals surface area contributed by atoms with E-state index in [9.17, 15) is 0 Å². The molecule has 0 atom stereocenters. The second-order valence-electron chi connectivity index (χ2n) is 4.19. The minimum atomic E-state index is 0.715. The highest BCUT2D eigenvalue weighted by molar-refractivity contribution is 5.55. The zero-order valence-electron chi connectivity index (χ0n) is 10.9. The van der Waals surface area contributed by atoms with Gasteiger partial charge in [-0.15, -0.1) is 0 Å². The zero-order valence-corrected chi connectivity index (χ0v) is 10.9. The Morgan fingerprint density at radius 1 is 0.950 bits per heavy atom. The predicted molar refractivity (Wildman–Crippen MR) is 75.5 cm³/mol. The van der Waals surface area contributed by atoms with E-state index in [0.29, 0.717) is 6.54 Å². The fourth-order valence-corrected chi connectivity index (χ4v) is 1.92. The smallest absolute Gasteiger partial charge is 0.137 e. The van der Waals surface area contributed by atoms with E-state index in [2.05, 4.69) is 25.0 Å². The number of rotatable bonds is 5. The molecule has 0 aromatic carbocycles. The third-order valence-corrected chi connectivity index (χ3v) is 2.87. The largest absolute Gasteiger partial charge is 0.309 e. The van der Waals surface area contributed by atoms with Gasteiger partial charge in [-0.3, -0.25) is 4.68 Å². The maximum Gasteiger partial charge on any atom is 0.137 e. The van der Waals surface area contributed by atoms with Gasteiger partial charge in [0.05, 0.1) is 6.54 Å². The number of pyridine rings is 2. The molecule has 20 heavy (non-hydrogen) atoms. The molecule has 0 N–H and O–H groups in total. The predicted octanol–water partition coefficient (Wildman–Crippen LogP) is 1.91. The number of nitrogens with zero attached hydrogens (tertiary/aromatic N) is 6. The number of aromatic nitrogens is 5. The van der Waals surface area contributed by atoms with Gasteiger partial charge >= 0.3 is 0 Å². The standard InChI is InChI=1S/C14H14N6/c1-3-7-16-13(5-1)20(14-6-2-4-8-17-14)10-9-19-12-15-11-18-19/h1-8,11-12H,9-10H2. The van der Waals surface area contributed by atoms with E-state index < -0.39 is 0 Å². The van der Waals surface area contributed by atoms with Crippen LogP contribution in [-0.2, 0) is 6.54 Å². The van der Waals surface area contributed by atoms with Crippen molar-refractivity contribution in [3.8, 4) is 0 Å². The second-order valence-corrected chi connectivity index (χ2v) is 4.19. The third kappa shape index (κ3) is 2.80. The van der Waals surface area contributed by atoms with Gasteiger partial charge < -0.3 is 4.90 Å². The molecule has 6 heteroatoms. The van der Waals surface area contributed by atoms with Crippen molar-refractivity contribution in [2.75, 3.05) is 11.4 Å². The van der Waals surface area contributed by atoms with Gasteiger partial charge in [-0.2, -0.15) is 5.10 Å². The molecule has 0 fully saturated rings. The Labute approximate surface area is 116 Å². The van der Waals surface area contributed by atoms with E-state index in [-0.39, 0.29) is 0 Å². The van der Waals surface area contributed by atoms with E-state index >= 15 is 0 Å². The van der Waals surface area contributed by atoms with Crippen molar-refractivity contribution in [1.82, 2.24) is 24.7 Å². The summed E-state index contributed by atoms with van der Waals surface area (Å²) in [5.41, 5.74) is 0. The summed E-state index contributed by atoms with van der Waals surface area (Å²) < 4.78 is 1.79. The van der Waals surface area contributed by atoms with Crippen molar-refractivity contribution in [3.05, 3.63) is 61.4 Å². The summed E-state index contributed by atoms with van der Waals surface area (Å²) in [5, 5.41) is 4.11. The van der Waals surface area contributed by atoms with Gasteiger partial charge in [-0.25, -0.2) is 15.0 Å². The first-order valence-electron chi connectivity index (χ1n) is 6.35. The van der Waals surface area contributed by atoms with E-state index in [1.54, 1.807) is 23.4 Å². The lowest BCUT2D eigenvalue weighted by molar-refractivity contribution is 0.614. The summed E-state index contributed by atoms with van der Waals surface area (Å²) in [6, 6.07) is 11.7.